The highest BCUT2D eigenvalue weighted by atomic mass is 14.7. The lowest BCUT2D eigenvalue weighted by atomic mass is 9.93. The van der Waals surface area contributed by atoms with Gasteiger partial charge in [-0.1, -0.05) is 78.4 Å². The zero-order valence-corrected chi connectivity index (χ0v) is 14.6. The smallest absolute Gasteiger partial charge is 0.0462 e. The van der Waals surface area contributed by atoms with Gasteiger partial charge in [0.25, 0.3) is 0 Å². The van der Waals surface area contributed by atoms with Crippen LogP contribution in [0, 0.1) is 13.8 Å². The van der Waals surface area contributed by atoms with Crippen molar-refractivity contribution in [2.45, 2.75) is 13.8 Å². The molecule has 0 spiro atoms. The van der Waals surface area contributed by atoms with Crippen molar-refractivity contribution in [3.8, 4) is 0 Å². The van der Waals surface area contributed by atoms with Crippen molar-refractivity contribution in [3.63, 3.8) is 0 Å². The summed E-state index contributed by atoms with van der Waals surface area (Å²) in [4.78, 5) is 3.53. The monoisotopic (exact) mass is 323 g/mol. The summed E-state index contributed by atoms with van der Waals surface area (Å²) in [6, 6.07) is 27.8. The Labute approximate surface area is 148 Å². The van der Waals surface area contributed by atoms with Gasteiger partial charge < -0.3 is 4.98 Å². The lowest BCUT2D eigenvalue weighted by Gasteiger charge is -2.10. The van der Waals surface area contributed by atoms with Crippen LogP contribution in [0.25, 0.3) is 22.6 Å². The fourth-order valence-electron chi connectivity index (χ4n) is 3.37. The molecule has 0 amide bonds. The van der Waals surface area contributed by atoms with Gasteiger partial charge in [-0.3, -0.25) is 0 Å². The number of rotatable bonds is 3. The molecule has 0 saturated carbocycles. The molecule has 1 heterocycles. The van der Waals surface area contributed by atoms with Gasteiger partial charge in [-0.25, -0.2) is 0 Å². The van der Waals surface area contributed by atoms with E-state index in [0.29, 0.717) is 0 Å². The van der Waals surface area contributed by atoms with E-state index in [1.165, 1.54) is 44.4 Å². The maximum absolute atomic E-state index is 3.53. The van der Waals surface area contributed by atoms with Crippen LogP contribution in [0.3, 0.4) is 0 Å². The Morgan fingerprint density at radius 3 is 2.20 bits per heavy atom. The van der Waals surface area contributed by atoms with E-state index in [9.17, 15) is 0 Å². The lowest BCUT2D eigenvalue weighted by molar-refractivity contribution is 1.28. The number of fused-ring (bicyclic) bond motifs is 1. The molecule has 1 aromatic heterocycles. The molecular formula is C24H21N. The van der Waals surface area contributed by atoms with E-state index in [4.69, 9.17) is 0 Å². The van der Waals surface area contributed by atoms with Gasteiger partial charge in [0.1, 0.15) is 0 Å². The molecule has 122 valence electrons. The van der Waals surface area contributed by atoms with Crippen LogP contribution in [0.5, 0.6) is 0 Å². The van der Waals surface area contributed by atoms with E-state index in [1.54, 1.807) is 0 Å². The van der Waals surface area contributed by atoms with Crippen molar-refractivity contribution in [3.05, 3.63) is 107 Å². The highest BCUT2D eigenvalue weighted by Crippen LogP contribution is 2.34. The Morgan fingerprint density at radius 2 is 1.44 bits per heavy atom. The Kier molecular flexibility index (Phi) is 3.99. The minimum absolute atomic E-state index is 1.18. The largest absolute Gasteiger partial charge is 0.358 e. The summed E-state index contributed by atoms with van der Waals surface area (Å²) < 4.78 is 0. The van der Waals surface area contributed by atoms with Crippen LogP contribution in [-0.4, -0.2) is 4.98 Å². The van der Waals surface area contributed by atoms with Crippen molar-refractivity contribution in [1.29, 1.82) is 0 Å². The molecule has 0 unspecified atom stereocenters. The van der Waals surface area contributed by atoms with Gasteiger partial charge in [-0.2, -0.15) is 0 Å². The highest BCUT2D eigenvalue weighted by molar-refractivity contribution is 6.03. The van der Waals surface area contributed by atoms with E-state index in [0.717, 1.165) is 0 Å². The summed E-state index contributed by atoms with van der Waals surface area (Å²) in [5.41, 5.74) is 8.64. The van der Waals surface area contributed by atoms with Gasteiger partial charge in [-0.15, -0.1) is 0 Å². The maximum atomic E-state index is 3.53. The van der Waals surface area contributed by atoms with Crippen molar-refractivity contribution < 1.29 is 0 Å². The zero-order valence-electron chi connectivity index (χ0n) is 14.6. The van der Waals surface area contributed by atoms with Crippen LogP contribution in [0.2, 0.25) is 0 Å². The fourth-order valence-corrected chi connectivity index (χ4v) is 3.37. The number of hydrogen-bond donors (Lipinski definition) is 1. The number of para-hydroxylation sites is 1. The van der Waals surface area contributed by atoms with Crippen LogP contribution >= 0.6 is 0 Å². The average Bonchev–Trinajstić information content (AvgIpc) is 2.97. The summed E-state index contributed by atoms with van der Waals surface area (Å²) in [6.45, 7) is 4.28. The quantitative estimate of drug-likeness (QED) is 0.421. The first kappa shape index (κ1) is 15.5. The zero-order chi connectivity index (χ0) is 17.2. The second-order valence-corrected chi connectivity index (χ2v) is 6.51. The third kappa shape index (κ3) is 3.01. The predicted octanol–water partition coefficient (Wildman–Crippen LogP) is 6.37. The highest BCUT2D eigenvalue weighted by Gasteiger charge is 2.14. The summed E-state index contributed by atoms with van der Waals surface area (Å²) in [5, 5.41) is 1.27. The molecule has 1 nitrogen and oxygen atoms in total. The fraction of sp³-hybridized carbons (Fsp3) is 0.0833. The second kappa shape index (κ2) is 6.45. The maximum Gasteiger partial charge on any atom is 0.0462 e. The van der Waals surface area contributed by atoms with Crippen molar-refractivity contribution in [2.24, 2.45) is 0 Å². The molecule has 1 N–H and O–H groups in total. The van der Waals surface area contributed by atoms with Crippen LogP contribution < -0.4 is 0 Å². The SMILES string of the molecule is Cc1ccc(/C(=C/c2ccccc2)c2c(C)[nH]c3ccccc23)cc1. The lowest BCUT2D eigenvalue weighted by Crippen LogP contribution is -1.91. The average molecular weight is 323 g/mol. The predicted molar refractivity (Wildman–Crippen MR) is 108 cm³/mol. The number of hydrogen-bond acceptors (Lipinski definition) is 0. The van der Waals surface area contributed by atoms with Crippen LogP contribution in [0.4, 0.5) is 0 Å². The first-order chi connectivity index (χ1) is 12.2. The summed E-state index contributed by atoms with van der Waals surface area (Å²) in [5.74, 6) is 0. The summed E-state index contributed by atoms with van der Waals surface area (Å²) in [6.07, 6.45) is 2.28. The Bertz CT molecular complexity index is 1030. The van der Waals surface area contributed by atoms with Gasteiger partial charge in [0.15, 0.2) is 0 Å². The first-order valence-electron chi connectivity index (χ1n) is 8.64. The number of aryl methyl sites for hydroxylation is 2. The van der Waals surface area contributed by atoms with E-state index < -0.39 is 0 Å². The van der Waals surface area contributed by atoms with Gasteiger partial charge >= 0.3 is 0 Å². The molecule has 4 aromatic rings. The van der Waals surface area contributed by atoms with Gasteiger partial charge in [-0.05, 0) is 42.7 Å². The molecule has 4 rings (SSSR count). The van der Waals surface area contributed by atoms with Crippen molar-refractivity contribution in [1.82, 2.24) is 4.98 Å². The topological polar surface area (TPSA) is 15.8 Å². The number of benzene rings is 3. The molecule has 0 bridgehead atoms. The van der Waals surface area contributed by atoms with Crippen molar-refractivity contribution >= 4 is 22.6 Å². The van der Waals surface area contributed by atoms with E-state index in [-0.39, 0.29) is 0 Å². The number of nitrogens with one attached hydrogen (secondary N) is 1. The molecule has 0 aliphatic carbocycles. The molecule has 1 heteroatoms. The van der Waals surface area contributed by atoms with E-state index in [2.05, 4.69) is 104 Å². The third-order valence-electron chi connectivity index (χ3n) is 4.64. The van der Waals surface area contributed by atoms with Gasteiger partial charge in [0, 0.05) is 22.2 Å². The van der Waals surface area contributed by atoms with Gasteiger partial charge in [0.2, 0.25) is 0 Å². The first-order valence-corrected chi connectivity index (χ1v) is 8.64. The Hall–Kier alpha value is -3.06. The minimum atomic E-state index is 1.18. The van der Waals surface area contributed by atoms with Crippen LogP contribution in [-0.2, 0) is 0 Å². The molecule has 25 heavy (non-hydrogen) atoms. The molecule has 0 radical (unpaired) electrons. The summed E-state index contributed by atoms with van der Waals surface area (Å²) in [7, 11) is 0. The summed E-state index contributed by atoms with van der Waals surface area (Å²) >= 11 is 0. The van der Waals surface area contributed by atoms with Crippen LogP contribution in [0.1, 0.15) is 27.9 Å². The molecule has 0 saturated heterocycles. The van der Waals surface area contributed by atoms with Gasteiger partial charge in [0.05, 0.1) is 0 Å². The Morgan fingerprint density at radius 1 is 0.760 bits per heavy atom. The molecule has 0 fully saturated rings. The second-order valence-electron chi connectivity index (χ2n) is 6.51. The third-order valence-corrected chi connectivity index (χ3v) is 4.64. The molecular weight excluding hydrogens is 302 g/mol. The molecule has 0 aliphatic rings. The number of H-pyrrole nitrogens is 1. The number of aromatic nitrogens is 1. The minimum Gasteiger partial charge on any atom is -0.358 e. The van der Waals surface area contributed by atoms with E-state index in [1.807, 2.05) is 0 Å². The number of aromatic amines is 1. The Balaban J connectivity index is 1.98. The van der Waals surface area contributed by atoms with Crippen molar-refractivity contribution in [2.75, 3.05) is 0 Å². The molecule has 3 aromatic carbocycles. The standard InChI is InChI=1S/C24H21N/c1-17-12-14-20(15-13-17)22(16-19-8-4-3-5-9-19)24-18(2)25-23-11-7-6-10-21(23)24/h3-16,25H,1-2H3/b22-16-. The van der Waals surface area contributed by atoms with E-state index >= 15 is 0 Å². The normalized spacial score (nSPS) is 11.8. The molecule has 0 aliphatic heterocycles. The molecule has 0 atom stereocenters. The van der Waals surface area contributed by atoms with Crippen LogP contribution in [0.15, 0.2) is 78.9 Å².